The van der Waals surface area contributed by atoms with Gasteiger partial charge in [0.25, 0.3) is 0 Å². The van der Waals surface area contributed by atoms with E-state index < -0.39 is 0 Å². The lowest BCUT2D eigenvalue weighted by Crippen LogP contribution is -2.15. The highest BCUT2D eigenvalue weighted by Crippen LogP contribution is 2.22. The highest BCUT2D eigenvalue weighted by atomic mass is 32.2. The molecule has 2 rings (SSSR count). The minimum Gasteiger partial charge on any atom is -0.392 e. The Hall–Kier alpha value is -0.590. The van der Waals surface area contributed by atoms with Gasteiger partial charge in [0.2, 0.25) is 5.89 Å². The number of hydrogen-bond donors (Lipinski definition) is 2. The van der Waals surface area contributed by atoms with Crippen LogP contribution in [0.4, 0.5) is 0 Å². The molecule has 1 aromatic heterocycles. The van der Waals surface area contributed by atoms with Crippen LogP contribution in [0.1, 0.15) is 38.0 Å². The van der Waals surface area contributed by atoms with Crippen LogP contribution in [0, 0.1) is 5.92 Å². The molecule has 2 atom stereocenters. The molecule has 1 aliphatic heterocycles. The van der Waals surface area contributed by atoms with Gasteiger partial charge in [-0.15, -0.1) is 0 Å². The molecule has 6 heteroatoms. The first-order valence-corrected chi connectivity index (χ1v) is 7.12. The first-order chi connectivity index (χ1) is 8.15. The van der Waals surface area contributed by atoms with Gasteiger partial charge in [-0.25, -0.2) is 0 Å². The van der Waals surface area contributed by atoms with Gasteiger partial charge in [0.05, 0.1) is 17.9 Å². The average molecular weight is 257 g/mol. The molecule has 2 heterocycles. The Balaban J connectivity index is 1.83. The van der Waals surface area contributed by atoms with Crippen molar-refractivity contribution < 1.29 is 9.63 Å². The van der Waals surface area contributed by atoms with E-state index in [4.69, 9.17) is 4.52 Å². The van der Waals surface area contributed by atoms with Gasteiger partial charge < -0.3 is 14.9 Å². The van der Waals surface area contributed by atoms with E-state index in [2.05, 4.69) is 29.3 Å². The van der Waals surface area contributed by atoms with Crippen molar-refractivity contribution in [2.24, 2.45) is 5.92 Å². The van der Waals surface area contributed by atoms with Crippen LogP contribution >= 0.6 is 11.8 Å². The van der Waals surface area contributed by atoms with Crippen LogP contribution in [0.15, 0.2) is 4.52 Å². The monoisotopic (exact) mass is 257 g/mol. The maximum atomic E-state index is 9.41. The summed E-state index contributed by atoms with van der Waals surface area (Å²) in [7, 11) is 0. The Morgan fingerprint density at radius 3 is 3.06 bits per heavy atom. The van der Waals surface area contributed by atoms with Gasteiger partial charge in [-0.1, -0.05) is 19.0 Å². The van der Waals surface area contributed by atoms with Crippen LogP contribution < -0.4 is 5.32 Å². The predicted octanol–water partition coefficient (Wildman–Crippen LogP) is 1.35. The van der Waals surface area contributed by atoms with Crippen LogP contribution in [-0.2, 0) is 5.75 Å². The number of hydrogen-bond acceptors (Lipinski definition) is 6. The van der Waals surface area contributed by atoms with Crippen molar-refractivity contribution in [1.82, 2.24) is 15.5 Å². The summed E-state index contributed by atoms with van der Waals surface area (Å²) in [5, 5.41) is 16.5. The second kappa shape index (κ2) is 5.84. The number of nitrogens with one attached hydrogen (secondary N) is 1. The van der Waals surface area contributed by atoms with E-state index in [1.165, 1.54) is 0 Å². The van der Waals surface area contributed by atoms with E-state index in [0.29, 0.717) is 24.8 Å². The second-order valence-corrected chi connectivity index (χ2v) is 5.84. The number of aliphatic hydroxyl groups is 1. The van der Waals surface area contributed by atoms with Crippen LogP contribution in [0.2, 0.25) is 0 Å². The summed E-state index contributed by atoms with van der Waals surface area (Å²) in [6.07, 6.45) is 0.353. The molecule has 2 N–H and O–H groups in total. The molecule has 0 saturated carbocycles. The first-order valence-electron chi connectivity index (χ1n) is 5.97. The summed E-state index contributed by atoms with van der Waals surface area (Å²) in [6, 6.07) is 0.0151. The van der Waals surface area contributed by atoms with Crippen LogP contribution in [0.5, 0.6) is 0 Å². The zero-order valence-electron chi connectivity index (χ0n) is 10.2. The quantitative estimate of drug-likeness (QED) is 0.830. The molecule has 5 nitrogen and oxygen atoms in total. The van der Waals surface area contributed by atoms with Crippen molar-refractivity contribution in [3.63, 3.8) is 0 Å². The normalized spacial score (nSPS) is 24.7. The largest absolute Gasteiger partial charge is 0.392 e. The molecule has 0 unspecified atom stereocenters. The van der Waals surface area contributed by atoms with Crippen LogP contribution in [-0.4, -0.2) is 33.6 Å². The van der Waals surface area contributed by atoms with E-state index in [0.717, 1.165) is 17.3 Å². The highest BCUT2D eigenvalue weighted by Gasteiger charge is 2.27. The topological polar surface area (TPSA) is 71.2 Å². The maximum Gasteiger partial charge on any atom is 0.243 e. The van der Waals surface area contributed by atoms with Gasteiger partial charge in [0.1, 0.15) is 0 Å². The van der Waals surface area contributed by atoms with Gasteiger partial charge in [0.15, 0.2) is 5.82 Å². The fraction of sp³-hybridized carbons (Fsp3) is 0.818. The fourth-order valence-electron chi connectivity index (χ4n) is 1.76. The molecular formula is C11H19N3O2S. The third-order valence-corrected chi connectivity index (χ3v) is 3.94. The summed E-state index contributed by atoms with van der Waals surface area (Å²) in [4.78, 5) is 4.35. The van der Waals surface area contributed by atoms with E-state index in [1.54, 1.807) is 0 Å². The summed E-state index contributed by atoms with van der Waals surface area (Å²) < 4.78 is 5.21. The molecule has 1 aliphatic rings. The molecule has 0 aromatic carbocycles. The number of rotatable bonds is 5. The summed E-state index contributed by atoms with van der Waals surface area (Å²) >= 11 is 1.82. The second-order valence-electron chi connectivity index (χ2n) is 4.81. The molecule has 1 fully saturated rings. The van der Waals surface area contributed by atoms with Gasteiger partial charge in [0, 0.05) is 6.54 Å². The lowest BCUT2D eigenvalue weighted by Gasteiger charge is -2.02. The Bertz CT molecular complexity index is 356. The highest BCUT2D eigenvalue weighted by molar-refractivity contribution is 7.98. The molecule has 1 saturated heterocycles. The van der Waals surface area contributed by atoms with Gasteiger partial charge in [-0.2, -0.15) is 16.7 Å². The van der Waals surface area contributed by atoms with Crippen molar-refractivity contribution in [2.45, 2.75) is 38.2 Å². The van der Waals surface area contributed by atoms with E-state index >= 15 is 0 Å². The maximum absolute atomic E-state index is 9.41. The zero-order valence-corrected chi connectivity index (χ0v) is 11.0. The third-order valence-electron chi connectivity index (χ3n) is 2.57. The summed E-state index contributed by atoms with van der Waals surface area (Å²) in [5.74, 6) is 3.91. The molecule has 0 radical (unpaired) electrons. The van der Waals surface area contributed by atoms with Crippen molar-refractivity contribution in [1.29, 1.82) is 0 Å². The SMILES string of the molecule is CC(C)CSCc1noc([C@@H]2C[C@@H](O)CN2)n1. The van der Waals surface area contributed by atoms with Gasteiger partial charge in [-0.3, -0.25) is 0 Å². The Kier molecular flexibility index (Phi) is 4.42. The first kappa shape index (κ1) is 12.9. The number of nitrogens with zero attached hydrogens (tertiary/aromatic N) is 2. The van der Waals surface area contributed by atoms with Crippen molar-refractivity contribution in [2.75, 3.05) is 12.3 Å². The minimum absolute atomic E-state index is 0.0151. The fourth-order valence-corrected chi connectivity index (χ4v) is 2.65. The van der Waals surface area contributed by atoms with Crippen LogP contribution in [0.3, 0.4) is 0 Å². The molecule has 0 amide bonds. The third kappa shape index (κ3) is 3.69. The van der Waals surface area contributed by atoms with E-state index in [9.17, 15) is 5.11 Å². The molecule has 0 aliphatic carbocycles. The number of β-amino-alcohol motifs (C(OH)–C–C–N with tert-alkyl or cyclic N) is 1. The predicted molar refractivity (Wildman–Crippen MR) is 66.7 cm³/mol. The van der Waals surface area contributed by atoms with E-state index in [-0.39, 0.29) is 12.1 Å². The summed E-state index contributed by atoms with van der Waals surface area (Å²) in [5.41, 5.74) is 0. The van der Waals surface area contributed by atoms with Crippen molar-refractivity contribution in [3.8, 4) is 0 Å². The van der Waals surface area contributed by atoms with Crippen molar-refractivity contribution >= 4 is 11.8 Å². The Morgan fingerprint density at radius 1 is 1.59 bits per heavy atom. The lowest BCUT2D eigenvalue weighted by atomic mass is 10.2. The van der Waals surface area contributed by atoms with E-state index in [1.807, 2.05) is 11.8 Å². The number of thioether (sulfide) groups is 1. The minimum atomic E-state index is -0.300. The standard InChI is InChI=1S/C11H19N3O2S/c1-7(2)5-17-6-10-13-11(16-14-10)9-3-8(15)4-12-9/h7-9,12,15H,3-6H2,1-2H3/t8-,9+/m1/s1. The molecule has 96 valence electrons. The van der Waals surface area contributed by atoms with Crippen LogP contribution in [0.25, 0.3) is 0 Å². The average Bonchev–Trinajstić information content (AvgIpc) is 2.86. The Labute approximate surface area is 105 Å². The number of aliphatic hydroxyl groups excluding tert-OH is 1. The van der Waals surface area contributed by atoms with Gasteiger partial charge >= 0.3 is 0 Å². The van der Waals surface area contributed by atoms with Gasteiger partial charge in [-0.05, 0) is 18.1 Å². The lowest BCUT2D eigenvalue weighted by molar-refractivity contribution is 0.191. The smallest absolute Gasteiger partial charge is 0.243 e. The molecule has 17 heavy (non-hydrogen) atoms. The molecule has 1 aromatic rings. The Morgan fingerprint density at radius 2 is 2.41 bits per heavy atom. The molecule has 0 spiro atoms. The molecular weight excluding hydrogens is 238 g/mol. The number of aromatic nitrogens is 2. The zero-order chi connectivity index (χ0) is 12.3. The summed E-state index contributed by atoms with van der Waals surface area (Å²) in [6.45, 7) is 4.99. The molecule has 0 bridgehead atoms. The van der Waals surface area contributed by atoms with Crippen molar-refractivity contribution in [3.05, 3.63) is 11.7 Å².